The molecule has 5 atom stereocenters. The average molecular weight is 713 g/mol. The molecule has 1 fully saturated rings. The van der Waals surface area contributed by atoms with Crippen molar-refractivity contribution in [3.63, 3.8) is 0 Å². The molecule has 2 aromatic rings. The van der Waals surface area contributed by atoms with E-state index >= 15 is 0 Å². The van der Waals surface area contributed by atoms with Crippen LogP contribution in [0.3, 0.4) is 0 Å². The fourth-order valence-corrected chi connectivity index (χ4v) is 6.29. The minimum atomic E-state index is -1.88. The number of aliphatic hydroxyl groups excluding tert-OH is 1. The second kappa shape index (κ2) is 19.6. The Morgan fingerprint density at radius 3 is 2.20 bits per heavy atom. The van der Waals surface area contributed by atoms with Crippen molar-refractivity contribution in [1.82, 2.24) is 31.2 Å². The molecule has 0 saturated heterocycles. The van der Waals surface area contributed by atoms with Crippen molar-refractivity contribution in [3.05, 3.63) is 54.1 Å². The average Bonchev–Trinajstić information content (AvgIpc) is 3.56. The van der Waals surface area contributed by atoms with Crippen LogP contribution in [0.5, 0.6) is 0 Å². The summed E-state index contributed by atoms with van der Waals surface area (Å²) in [5.41, 5.74) is -1.30. The highest BCUT2D eigenvalue weighted by molar-refractivity contribution is 5.92. The van der Waals surface area contributed by atoms with Gasteiger partial charge in [-0.2, -0.15) is 0 Å². The number of amides is 4. The van der Waals surface area contributed by atoms with Crippen LogP contribution in [0.1, 0.15) is 104 Å². The van der Waals surface area contributed by atoms with Gasteiger partial charge in [0.2, 0.25) is 11.8 Å². The molecule has 13 nitrogen and oxygen atoms in total. The van der Waals surface area contributed by atoms with Crippen LogP contribution in [0.25, 0.3) is 0 Å². The van der Waals surface area contributed by atoms with E-state index < -0.39 is 59.2 Å². The lowest BCUT2D eigenvalue weighted by molar-refractivity contribution is -0.142. The van der Waals surface area contributed by atoms with E-state index in [1.807, 2.05) is 44.2 Å². The van der Waals surface area contributed by atoms with Gasteiger partial charge in [0.1, 0.15) is 23.3 Å². The molecule has 284 valence electrons. The largest absolute Gasteiger partial charge is 0.444 e. The van der Waals surface area contributed by atoms with Gasteiger partial charge in [0, 0.05) is 37.7 Å². The number of aromatic nitrogens is 2. The minimum absolute atomic E-state index is 0.0459. The Bertz CT molecular complexity index is 1370. The number of rotatable bonds is 18. The van der Waals surface area contributed by atoms with Gasteiger partial charge in [-0.25, -0.2) is 9.78 Å². The summed E-state index contributed by atoms with van der Waals surface area (Å²) in [4.78, 5) is 60.8. The van der Waals surface area contributed by atoms with Gasteiger partial charge >= 0.3 is 6.09 Å². The summed E-state index contributed by atoms with van der Waals surface area (Å²) in [7, 11) is 0. The highest BCUT2D eigenvalue weighted by atomic mass is 16.6. The van der Waals surface area contributed by atoms with Crippen LogP contribution in [0.4, 0.5) is 4.79 Å². The van der Waals surface area contributed by atoms with Crippen molar-refractivity contribution in [2.75, 3.05) is 6.54 Å². The van der Waals surface area contributed by atoms with Gasteiger partial charge in [-0.15, -0.1) is 0 Å². The fraction of sp³-hybridized carbons (Fsp3) is 0.658. The zero-order chi connectivity index (χ0) is 37.6. The van der Waals surface area contributed by atoms with E-state index in [-0.39, 0.29) is 25.2 Å². The molecule has 1 aromatic heterocycles. The lowest BCUT2D eigenvalue weighted by atomic mass is 9.82. The van der Waals surface area contributed by atoms with Crippen molar-refractivity contribution in [1.29, 1.82) is 0 Å². The summed E-state index contributed by atoms with van der Waals surface area (Å²) >= 11 is 0. The van der Waals surface area contributed by atoms with E-state index in [0.717, 1.165) is 44.1 Å². The molecule has 7 N–H and O–H groups in total. The summed E-state index contributed by atoms with van der Waals surface area (Å²) in [5, 5.41) is 33.9. The molecule has 1 saturated carbocycles. The zero-order valence-electron chi connectivity index (χ0n) is 31.2. The number of carbonyl (C=O) groups is 4. The smallest absolute Gasteiger partial charge is 0.408 e. The Morgan fingerprint density at radius 1 is 0.941 bits per heavy atom. The van der Waals surface area contributed by atoms with Crippen LogP contribution < -0.4 is 21.3 Å². The van der Waals surface area contributed by atoms with Crippen LogP contribution in [0, 0.1) is 11.8 Å². The molecule has 0 radical (unpaired) electrons. The molecule has 13 heteroatoms. The maximum absolute atomic E-state index is 14.1. The van der Waals surface area contributed by atoms with Gasteiger partial charge in [-0.05, 0) is 57.9 Å². The molecule has 0 aliphatic heterocycles. The van der Waals surface area contributed by atoms with Gasteiger partial charge in [0.05, 0.1) is 18.5 Å². The number of aromatic amines is 1. The van der Waals surface area contributed by atoms with Crippen LogP contribution in [0.15, 0.2) is 42.9 Å². The van der Waals surface area contributed by atoms with Gasteiger partial charge in [-0.3, -0.25) is 14.4 Å². The maximum Gasteiger partial charge on any atom is 0.408 e. The highest BCUT2D eigenvalue weighted by Gasteiger charge is 2.38. The Kier molecular flexibility index (Phi) is 15.9. The van der Waals surface area contributed by atoms with Crippen LogP contribution in [-0.4, -0.2) is 86.0 Å². The summed E-state index contributed by atoms with van der Waals surface area (Å²) in [6.45, 7) is 11.0. The Morgan fingerprint density at radius 2 is 1.59 bits per heavy atom. The normalized spacial score (nSPS) is 17.4. The number of H-pyrrole nitrogens is 1. The highest BCUT2D eigenvalue weighted by Crippen LogP contribution is 2.29. The van der Waals surface area contributed by atoms with Crippen LogP contribution in [-0.2, 0) is 32.0 Å². The van der Waals surface area contributed by atoms with Crippen molar-refractivity contribution in [2.45, 2.75) is 141 Å². The van der Waals surface area contributed by atoms with E-state index in [0.29, 0.717) is 24.6 Å². The number of imidazole rings is 1. The van der Waals surface area contributed by atoms with Gasteiger partial charge < -0.3 is 41.2 Å². The third-order valence-electron chi connectivity index (χ3n) is 9.11. The van der Waals surface area contributed by atoms with Crippen molar-refractivity contribution < 1.29 is 34.1 Å². The van der Waals surface area contributed by atoms with Gasteiger partial charge in [-0.1, -0.05) is 76.3 Å². The lowest BCUT2D eigenvalue weighted by Crippen LogP contribution is -2.58. The summed E-state index contributed by atoms with van der Waals surface area (Å²) < 4.78 is 5.43. The first-order valence-corrected chi connectivity index (χ1v) is 18.3. The summed E-state index contributed by atoms with van der Waals surface area (Å²) in [6.07, 6.45) is 7.17. The van der Waals surface area contributed by atoms with E-state index in [1.165, 1.54) is 13.3 Å². The van der Waals surface area contributed by atoms with Crippen LogP contribution in [0.2, 0.25) is 0 Å². The molecule has 0 bridgehead atoms. The number of ether oxygens (including phenoxy) is 1. The number of hydrogen-bond donors (Lipinski definition) is 7. The van der Waals surface area contributed by atoms with Gasteiger partial charge in [0.25, 0.3) is 5.91 Å². The molecular formula is C38H60N6O7. The number of benzene rings is 1. The predicted molar refractivity (Wildman–Crippen MR) is 194 cm³/mol. The molecule has 4 amide bonds. The van der Waals surface area contributed by atoms with Crippen LogP contribution >= 0.6 is 0 Å². The first kappa shape index (κ1) is 41.5. The second-order valence-electron chi connectivity index (χ2n) is 15.6. The molecule has 0 spiro atoms. The van der Waals surface area contributed by atoms with E-state index in [4.69, 9.17) is 4.74 Å². The van der Waals surface area contributed by atoms with E-state index in [2.05, 4.69) is 31.2 Å². The third kappa shape index (κ3) is 15.0. The quantitative estimate of drug-likeness (QED) is 0.122. The predicted octanol–water partition coefficient (Wildman–Crippen LogP) is 3.69. The first-order chi connectivity index (χ1) is 24.0. The number of alkyl carbamates (subject to hydrolysis) is 1. The Balaban J connectivity index is 1.84. The first-order valence-electron chi connectivity index (χ1n) is 18.3. The summed E-state index contributed by atoms with van der Waals surface area (Å²) in [5.74, 6) is -1.15. The number of carbonyl (C=O) groups excluding carboxylic acids is 4. The third-order valence-corrected chi connectivity index (χ3v) is 9.11. The number of hydrogen-bond acceptors (Lipinski definition) is 8. The van der Waals surface area contributed by atoms with Crippen molar-refractivity contribution in [2.24, 2.45) is 11.8 Å². The Labute approximate surface area is 302 Å². The second-order valence-corrected chi connectivity index (χ2v) is 15.6. The molecule has 1 aliphatic carbocycles. The summed E-state index contributed by atoms with van der Waals surface area (Å²) in [6, 6.07) is 6.17. The molecule has 1 aromatic carbocycles. The number of aliphatic hydroxyl groups is 2. The SMILES string of the molecule is CC(C)CCNC(=O)[C@@](C)(O)C[C@H](O)[C@H](CC1CCCCC1)NC(=O)[C@H](Cc1cnc[nH]1)NC(=O)[C@H](Cc1ccccc1)NC(=O)OC(C)(C)C. The molecule has 3 rings (SSSR count). The number of nitrogens with zero attached hydrogens (tertiary/aromatic N) is 1. The molecule has 1 aliphatic rings. The Hall–Kier alpha value is -3.97. The van der Waals surface area contributed by atoms with Crippen molar-refractivity contribution in [3.8, 4) is 0 Å². The number of nitrogens with one attached hydrogen (secondary N) is 5. The maximum atomic E-state index is 14.1. The molecule has 51 heavy (non-hydrogen) atoms. The molecular weight excluding hydrogens is 652 g/mol. The van der Waals surface area contributed by atoms with E-state index in [9.17, 15) is 29.4 Å². The van der Waals surface area contributed by atoms with Gasteiger partial charge in [0.15, 0.2) is 0 Å². The standard InChI is InChI=1S/C38H60N6O7/c1-25(2)17-18-40-35(48)38(6,50)22-32(45)29(19-26-13-9-7-10-14-26)42-34(47)31(21-28-23-39-24-41-28)43-33(46)30(20-27-15-11-8-12-16-27)44-36(49)51-37(3,4)5/h8,11-12,15-16,23-26,29-32,45,50H,7,9-10,13-14,17-22H2,1-6H3,(H,39,41)(H,40,48)(H,42,47)(H,43,46)(H,44,49)/t29-,30-,31-,32-,38-/m0/s1. The molecule has 1 heterocycles. The topological polar surface area (TPSA) is 195 Å². The van der Waals surface area contributed by atoms with Crippen molar-refractivity contribution >= 4 is 23.8 Å². The monoisotopic (exact) mass is 712 g/mol. The molecule has 0 unspecified atom stereocenters. The zero-order valence-corrected chi connectivity index (χ0v) is 31.2. The minimum Gasteiger partial charge on any atom is -0.444 e. The fourth-order valence-electron chi connectivity index (χ4n) is 6.29. The lowest BCUT2D eigenvalue weighted by Gasteiger charge is -2.34. The van der Waals surface area contributed by atoms with E-state index in [1.54, 1.807) is 27.0 Å².